The molecular formula is C21H22N2O3. The maximum Gasteiger partial charge on any atom is 0.266 e. The van der Waals surface area contributed by atoms with Crippen LogP contribution in [-0.2, 0) is 4.79 Å². The number of hydrogen-bond donors (Lipinski definition) is 1. The summed E-state index contributed by atoms with van der Waals surface area (Å²) in [6, 6.07) is 13.0. The number of amides is 1. The number of carbonyl (C=O) groups is 1. The van der Waals surface area contributed by atoms with Crippen LogP contribution in [0.4, 0.5) is 5.69 Å². The van der Waals surface area contributed by atoms with Crippen molar-refractivity contribution in [2.45, 2.75) is 20.8 Å². The highest BCUT2D eigenvalue weighted by Crippen LogP contribution is 2.29. The number of ether oxygens (including phenoxy) is 2. The molecule has 0 atom stereocenters. The lowest BCUT2D eigenvalue weighted by Gasteiger charge is -2.10. The fourth-order valence-electron chi connectivity index (χ4n) is 2.42. The Morgan fingerprint density at radius 1 is 1.19 bits per heavy atom. The van der Waals surface area contributed by atoms with Crippen LogP contribution in [0.1, 0.15) is 23.6 Å². The zero-order chi connectivity index (χ0) is 19.1. The normalized spacial score (nSPS) is 10.8. The predicted octanol–water partition coefficient (Wildman–Crippen LogP) is 4.26. The molecule has 2 rings (SSSR count). The van der Waals surface area contributed by atoms with Crippen molar-refractivity contribution in [1.82, 2.24) is 0 Å². The quantitative estimate of drug-likeness (QED) is 0.624. The van der Waals surface area contributed by atoms with Crippen LogP contribution in [0.25, 0.3) is 6.08 Å². The molecule has 0 aliphatic carbocycles. The van der Waals surface area contributed by atoms with Gasteiger partial charge in [-0.2, -0.15) is 5.26 Å². The van der Waals surface area contributed by atoms with E-state index in [2.05, 4.69) is 5.32 Å². The first-order chi connectivity index (χ1) is 12.5. The highest BCUT2D eigenvalue weighted by atomic mass is 16.5. The van der Waals surface area contributed by atoms with Gasteiger partial charge >= 0.3 is 0 Å². The summed E-state index contributed by atoms with van der Waals surface area (Å²) in [4.78, 5) is 12.5. The van der Waals surface area contributed by atoms with Crippen molar-refractivity contribution in [3.63, 3.8) is 0 Å². The van der Waals surface area contributed by atoms with Crippen molar-refractivity contribution in [1.29, 1.82) is 5.26 Å². The summed E-state index contributed by atoms with van der Waals surface area (Å²) in [5.41, 5.74) is 3.35. The Bertz CT molecular complexity index is 879. The number of anilines is 1. The molecule has 0 saturated heterocycles. The van der Waals surface area contributed by atoms with E-state index in [9.17, 15) is 10.1 Å². The molecule has 0 aliphatic heterocycles. The van der Waals surface area contributed by atoms with E-state index in [0.717, 1.165) is 11.1 Å². The van der Waals surface area contributed by atoms with E-state index < -0.39 is 5.91 Å². The Kier molecular flexibility index (Phi) is 6.40. The average Bonchev–Trinajstić information content (AvgIpc) is 2.63. The second kappa shape index (κ2) is 8.72. The maximum absolute atomic E-state index is 12.5. The van der Waals surface area contributed by atoms with Gasteiger partial charge in [-0.25, -0.2) is 0 Å². The van der Waals surface area contributed by atoms with Gasteiger partial charge in [0.1, 0.15) is 11.6 Å². The smallest absolute Gasteiger partial charge is 0.266 e. The number of hydrogen-bond acceptors (Lipinski definition) is 4. The van der Waals surface area contributed by atoms with Gasteiger partial charge in [0.05, 0.1) is 13.7 Å². The number of aryl methyl sites for hydroxylation is 2. The molecule has 134 valence electrons. The maximum atomic E-state index is 12.5. The van der Waals surface area contributed by atoms with E-state index in [-0.39, 0.29) is 5.57 Å². The summed E-state index contributed by atoms with van der Waals surface area (Å²) in [6.07, 6.45) is 1.53. The Morgan fingerprint density at radius 2 is 1.96 bits per heavy atom. The third kappa shape index (κ3) is 4.64. The van der Waals surface area contributed by atoms with Gasteiger partial charge in [0, 0.05) is 5.69 Å². The third-order valence-corrected chi connectivity index (χ3v) is 3.80. The molecule has 5 nitrogen and oxygen atoms in total. The van der Waals surface area contributed by atoms with Gasteiger partial charge in [0.25, 0.3) is 5.91 Å². The zero-order valence-electron chi connectivity index (χ0n) is 15.4. The predicted molar refractivity (Wildman–Crippen MR) is 102 cm³/mol. The van der Waals surface area contributed by atoms with Crippen LogP contribution in [0.5, 0.6) is 11.5 Å². The minimum absolute atomic E-state index is 0.0112. The Balaban J connectivity index is 2.28. The van der Waals surface area contributed by atoms with E-state index in [4.69, 9.17) is 9.47 Å². The SMILES string of the molecule is CCOc1ccc(/C=C(\C#N)C(=O)Nc2cc(C)ccc2C)cc1OC. The number of carbonyl (C=O) groups excluding carboxylic acids is 1. The molecule has 1 amide bonds. The first-order valence-electron chi connectivity index (χ1n) is 8.29. The molecule has 2 aromatic rings. The highest BCUT2D eigenvalue weighted by Gasteiger charge is 2.12. The van der Waals surface area contributed by atoms with E-state index in [1.165, 1.54) is 6.08 Å². The summed E-state index contributed by atoms with van der Waals surface area (Å²) >= 11 is 0. The summed E-state index contributed by atoms with van der Waals surface area (Å²) in [5.74, 6) is 0.715. The molecular weight excluding hydrogens is 328 g/mol. The molecule has 2 aromatic carbocycles. The van der Waals surface area contributed by atoms with E-state index in [1.807, 2.05) is 45.0 Å². The molecule has 0 unspecified atom stereocenters. The molecule has 0 bridgehead atoms. The first-order valence-corrected chi connectivity index (χ1v) is 8.29. The van der Waals surface area contributed by atoms with Crippen LogP contribution < -0.4 is 14.8 Å². The molecule has 0 aliphatic rings. The fraction of sp³-hybridized carbons (Fsp3) is 0.238. The van der Waals surface area contributed by atoms with Gasteiger partial charge < -0.3 is 14.8 Å². The largest absolute Gasteiger partial charge is 0.493 e. The summed E-state index contributed by atoms with van der Waals surface area (Å²) in [6.45, 7) is 6.26. The van der Waals surface area contributed by atoms with Gasteiger partial charge in [0.2, 0.25) is 0 Å². The lowest BCUT2D eigenvalue weighted by atomic mass is 10.1. The van der Waals surface area contributed by atoms with E-state index in [0.29, 0.717) is 29.4 Å². The van der Waals surface area contributed by atoms with Crippen LogP contribution in [0.2, 0.25) is 0 Å². The van der Waals surface area contributed by atoms with Crippen molar-refractivity contribution in [2.24, 2.45) is 0 Å². The van der Waals surface area contributed by atoms with Crippen molar-refractivity contribution in [3.05, 3.63) is 58.7 Å². The number of rotatable bonds is 6. The number of benzene rings is 2. The second-order valence-electron chi connectivity index (χ2n) is 5.79. The van der Waals surface area contributed by atoms with Gasteiger partial charge in [-0.05, 0) is 61.7 Å². The number of nitriles is 1. The number of nitrogens with zero attached hydrogens (tertiary/aromatic N) is 1. The highest BCUT2D eigenvalue weighted by molar-refractivity contribution is 6.10. The van der Waals surface area contributed by atoms with Crippen LogP contribution in [0.15, 0.2) is 42.0 Å². The molecule has 0 saturated carbocycles. The summed E-state index contributed by atoms with van der Waals surface area (Å²) in [5, 5.41) is 12.2. The topological polar surface area (TPSA) is 71.3 Å². The number of methoxy groups -OCH3 is 1. The molecule has 5 heteroatoms. The van der Waals surface area contributed by atoms with Crippen LogP contribution >= 0.6 is 0 Å². The average molecular weight is 350 g/mol. The van der Waals surface area contributed by atoms with Gasteiger partial charge in [-0.3, -0.25) is 4.79 Å². The third-order valence-electron chi connectivity index (χ3n) is 3.80. The van der Waals surface area contributed by atoms with Crippen LogP contribution in [-0.4, -0.2) is 19.6 Å². The summed E-state index contributed by atoms with van der Waals surface area (Å²) < 4.78 is 10.8. The number of nitrogens with one attached hydrogen (secondary N) is 1. The monoisotopic (exact) mass is 350 g/mol. The molecule has 26 heavy (non-hydrogen) atoms. The van der Waals surface area contributed by atoms with Crippen LogP contribution in [0, 0.1) is 25.2 Å². The standard InChI is InChI=1S/C21H22N2O3/c1-5-26-19-9-8-16(12-20(19)25-4)11-17(13-22)21(24)23-18-10-14(2)6-7-15(18)3/h6-12H,5H2,1-4H3,(H,23,24)/b17-11+. The lowest BCUT2D eigenvalue weighted by molar-refractivity contribution is -0.112. The molecule has 0 heterocycles. The molecule has 0 fully saturated rings. The second-order valence-corrected chi connectivity index (χ2v) is 5.79. The first kappa shape index (κ1) is 19.1. The zero-order valence-corrected chi connectivity index (χ0v) is 15.4. The van der Waals surface area contributed by atoms with Crippen molar-refractivity contribution in [3.8, 4) is 17.6 Å². The van der Waals surface area contributed by atoms with E-state index in [1.54, 1.807) is 25.3 Å². The Hall–Kier alpha value is -3.26. The van der Waals surface area contributed by atoms with Gasteiger partial charge in [0.15, 0.2) is 11.5 Å². The van der Waals surface area contributed by atoms with Crippen molar-refractivity contribution >= 4 is 17.7 Å². The molecule has 0 aromatic heterocycles. The van der Waals surface area contributed by atoms with Gasteiger partial charge in [-0.15, -0.1) is 0 Å². The van der Waals surface area contributed by atoms with E-state index >= 15 is 0 Å². The van der Waals surface area contributed by atoms with Crippen molar-refractivity contribution in [2.75, 3.05) is 19.0 Å². The lowest BCUT2D eigenvalue weighted by Crippen LogP contribution is -2.14. The Labute approximate surface area is 153 Å². The minimum atomic E-state index is -0.450. The fourth-order valence-corrected chi connectivity index (χ4v) is 2.42. The van der Waals surface area contributed by atoms with Gasteiger partial charge in [-0.1, -0.05) is 18.2 Å². The molecule has 0 radical (unpaired) electrons. The molecule has 1 N–H and O–H groups in total. The minimum Gasteiger partial charge on any atom is -0.493 e. The van der Waals surface area contributed by atoms with Crippen LogP contribution in [0.3, 0.4) is 0 Å². The molecule has 0 spiro atoms. The summed E-state index contributed by atoms with van der Waals surface area (Å²) in [7, 11) is 1.55. The Morgan fingerprint density at radius 3 is 2.62 bits per heavy atom. The van der Waals surface area contributed by atoms with Crippen molar-refractivity contribution < 1.29 is 14.3 Å².